The van der Waals surface area contributed by atoms with Crippen LogP contribution in [0.15, 0.2) is 0 Å². The maximum atomic E-state index is 11.9. The number of hydrogen-bond acceptors (Lipinski definition) is 5. The second kappa shape index (κ2) is 6.93. The van der Waals surface area contributed by atoms with Gasteiger partial charge in [0.15, 0.2) is 0 Å². The summed E-state index contributed by atoms with van der Waals surface area (Å²) < 4.78 is 15.7. The van der Waals surface area contributed by atoms with E-state index in [0.717, 1.165) is 13.0 Å². The third-order valence-electron chi connectivity index (χ3n) is 2.71. The van der Waals surface area contributed by atoms with Gasteiger partial charge in [0.2, 0.25) is 0 Å². The van der Waals surface area contributed by atoms with Gasteiger partial charge in [0.1, 0.15) is 11.6 Å². The lowest BCUT2D eigenvalue weighted by Crippen LogP contribution is -2.55. The molecule has 1 atom stereocenters. The zero-order chi connectivity index (χ0) is 12.7. The van der Waals surface area contributed by atoms with Gasteiger partial charge < -0.3 is 19.5 Å². The molecular formula is C12H23NO4. The Morgan fingerprint density at radius 1 is 1.47 bits per heavy atom. The van der Waals surface area contributed by atoms with Gasteiger partial charge in [-0.1, -0.05) is 6.92 Å². The van der Waals surface area contributed by atoms with Gasteiger partial charge in [0, 0.05) is 0 Å². The first-order valence-electron chi connectivity index (χ1n) is 6.24. The lowest BCUT2D eigenvalue weighted by molar-refractivity contribution is -0.165. The minimum absolute atomic E-state index is 0.118. The molecule has 1 heterocycles. The van der Waals surface area contributed by atoms with Crippen LogP contribution in [0.3, 0.4) is 0 Å². The third-order valence-corrected chi connectivity index (χ3v) is 2.71. The summed E-state index contributed by atoms with van der Waals surface area (Å²) in [5.41, 5.74) is -0.762. The van der Waals surface area contributed by atoms with Gasteiger partial charge in [0.05, 0.1) is 26.4 Å². The molecule has 100 valence electrons. The first-order valence-corrected chi connectivity index (χ1v) is 6.24. The van der Waals surface area contributed by atoms with Crippen molar-refractivity contribution >= 4 is 5.97 Å². The van der Waals surface area contributed by atoms with Crippen molar-refractivity contribution in [3.8, 4) is 0 Å². The van der Waals surface area contributed by atoms with E-state index in [4.69, 9.17) is 14.2 Å². The highest BCUT2D eigenvalue weighted by molar-refractivity contribution is 5.80. The summed E-state index contributed by atoms with van der Waals surface area (Å²) in [4.78, 5) is 11.9. The quantitative estimate of drug-likeness (QED) is 0.639. The van der Waals surface area contributed by atoms with Crippen LogP contribution in [0.4, 0.5) is 0 Å². The zero-order valence-electron chi connectivity index (χ0n) is 11.0. The number of esters is 1. The van der Waals surface area contributed by atoms with Gasteiger partial charge in [-0.05, 0) is 26.8 Å². The van der Waals surface area contributed by atoms with Crippen molar-refractivity contribution < 1.29 is 19.0 Å². The SMILES string of the molecule is CCCNC(C)(COC1COC1)C(=O)OCC. The summed E-state index contributed by atoms with van der Waals surface area (Å²) in [7, 11) is 0. The topological polar surface area (TPSA) is 56.8 Å². The molecule has 5 heteroatoms. The van der Waals surface area contributed by atoms with Gasteiger partial charge in [0.25, 0.3) is 0 Å². The molecule has 1 saturated heterocycles. The van der Waals surface area contributed by atoms with Crippen LogP contribution in [-0.2, 0) is 19.0 Å². The first-order chi connectivity index (χ1) is 8.12. The highest BCUT2D eigenvalue weighted by Crippen LogP contribution is 2.13. The molecule has 0 aliphatic carbocycles. The number of rotatable bonds is 8. The molecule has 17 heavy (non-hydrogen) atoms. The third kappa shape index (κ3) is 4.26. The van der Waals surface area contributed by atoms with Crippen LogP contribution < -0.4 is 5.32 Å². The van der Waals surface area contributed by atoms with E-state index in [1.165, 1.54) is 0 Å². The smallest absolute Gasteiger partial charge is 0.328 e. The fourth-order valence-electron chi connectivity index (χ4n) is 1.47. The Morgan fingerprint density at radius 2 is 2.18 bits per heavy atom. The Morgan fingerprint density at radius 3 is 2.65 bits per heavy atom. The van der Waals surface area contributed by atoms with Crippen molar-refractivity contribution in [1.82, 2.24) is 5.32 Å². The molecule has 0 radical (unpaired) electrons. The summed E-state index contributed by atoms with van der Waals surface area (Å²) in [6.07, 6.45) is 1.08. The highest BCUT2D eigenvalue weighted by Gasteiger charge is 2.36. The molecule has 1 rings (SSSR count). The van der Waals surface area contributed by atoms with Crippen LogP contribution in [0.5, 0.6) is 0 Å². The van der Waals surface area contributed by atoms with E-state index in [9.17, 15) is 4.79 Å². The number of nitrogens with one attached hydrogen (secondary N) is 1. The molecule has 1 aliphatic heterocycles. The van der Waals surface area contributed by atoms with Gasteiger partial charge in [-0.25, -0.2) is 4.79 Å². The van der Waals surface area contributed by atoms with Gasteiger partial charge in [-0.3, -0.25) is 0 Å². The van der Waals surface area contributed by atoms with Crippen LogP contribution in [0.1, 0.15) is 27.2 Å². The predicted octanol–water partition coefficient (Wildman–Crippen LogP) is 0.723. The second-order valence-electron chi connectivity index (χ2n) is 4.45. The first kappa shape index (κ1) is 14.4. The summed E-state index contributed by atoms with van der Waals surface area (Å²) in [5, 5.41) is 3.19. The molecule has 0 aromatic rings. The lowest BCUT2D eigenvalue weighted by Gasteiger charge is -2.33. The molecule has 0 aromatic heterocycles. The minimum Gasteiger partial charge on any atom is -0.465 e. The summed E-state index contributed by atoms with van der Waals surface area (Å²) in [6, 6.07) is 0. The van der Waals surface area contributed by atoms with Crippen molar-refractivity contribution in [2.24, 2.45) is 0 Å². The maximum Gasteiger partial charge on any atom is 0.328 e. The maximum absolute atomic E-state index is 11.9. The number of ether oxygens (including phenoxy) is 3. The fraction of sp³-hybridized carbons (Fsp3) is 0.917. The molecule has 1 fully saturated rings. The Kier molecular flexibility index (Phi) is 5.88. The van der Waals surface area contributed by atoms with Gasteiger partial charge in [-0.15, -0.1) is 0 Å². The molecule has 0 spiro atoms. The average Bonchev–Trinajstić information content (AvgIpc) is 2.24. The summed E-state index contributed by atoms with van der Waals surface area (Å²) >= 11 is 0. The molecule has 5 nitrogen and oxygen atoms in total. The molecule has 0 aromatic carbocycles. The Bertz CT molecular complexity index is 243. The van der Waals surface area contributed by atoms with Crippen LogP contribution in [0, 0.1) is 0 Å². The summed E-state index contributed by atoms with van der Waals surface area (Å²) in [5.74, 6) is -0.256. The van der Waals surface area contributed by atoms with E-state index in [0.29, 0.717) is 26.4 Å². The molecule has 1 unspecified atom stereocenters. The Labute approximate surface area is 103 Å². The lowest BCUT2D eigenvalue weighted by atomic mass is 10.0. The van der Waals surface area contributed by atoms with Gasteiger partial charge >= 0.3 is 5.97 Å². The number of hydrogen-bond donors (Lipinski definition) is 1. The van der Waals surface area contributed by atoms with E-state index < -0.39 is 5.54 Å². The number of carbonyl (C=O) groups is 1. The Hall–Kier alpha value is -0.650. The van der Waals surface area contributed by atoms with E-state index >= 15 is 0 Å². The monoisotopic (exact) mass is 245 g/mol. The standard InChI is InChI=1S/C12H23NO4/c1-4-6-13-12(3,11(14)16-5-2)9-17-10-7-15-8-10/h10,13H,4-9H2,1-3H3. The van der Waals surface area contributed by atoms with Crippen LogP contribution >= 0.6 is 0 Å². The van der Waals surface area contributed by atoms with Crippen molar-refractivity contribution in [2.45, 2.75) is 38.8 Å². The van der Waals surface area contributed by atoms with Crippen LogP contribution in [0.2, 0.25) is 0 Å². The number of carbonyl (C=O) groups excluding carboxylic acids is 1. The van der Waals surface area contributed by atoms with E-state index in [1.807, 2.05) is 6.92 Å². The van der Waals surface area contributed by atoms with Gasteiger partial charge in [-0.2, -0.15) is 0 Å². The normalized spacial score (nSPS) is 19.5. The van der Waals surface area contributed by atoms with Crippen LogP contribution in [-0.4, -0.2) is 50.6 Å². The Balaban J connectivity index is 2.46. The van der Waals surface area contributed by atoms with E-state index in [2.05, 4.69) is 12.2 Å². The molecule has 0 bridgehead atoms. The molecule has 0 saturated carbocycles. The average molecular weight is 245 g/mol. The van der Waals surface area contributed by atoms with E-state index in [-0.39, 0.29) is 12.1 Å². The fourth-order valence-corrected chi connectivity index (χ4v) is 1.47. The van der Waals surface area contributed by atoms with Crippen molar-refractivity contribution in [2.75, 3.05) is 33.0 Å². The molecular weight excluding hydrogens is 222 g/mol. The molecule has 1 aliphatic rings. The second-order valence-corrected chi connectivity index (χ2v) is 4.45. The summed E-state index contributed by atoms with van der Waals surface area (Å²) in [6.45, 7) is 8.38. The predicted molar refractivity (Wildman–Crippen MR) is 63.9 cm³/mol. The highest BCUT2D eigenvalue weighted by atomic mass is 16.6. The van der Waals surface area contributed by atoms with Crippen LogP contribution in [0.25, 0.3) is 0 Å². The van der Waals surface area contributed by atoms with E-state index in [1.54, 1.807) is 6.92 Å². The van der Waals surface area contributed by atoms with Crippen molar-refractivity contribution in [1.29, 1.82) is 0 Å². The zero-order valence-corrected chi connectivity index (χ0v) is 11.0. The minimum atomic E-state index is -0.762. The van der Waals surface area contributed by atoms with Crippen molar-refractivity contribution in [3.63, 3.8) is 0 Å². The molecule has 0 amide bonds. The molecule has 1 N–H and O–H groups in total. The largest absolute Gasteiger partial charge is 0.465 e. The van der Waals surface area contributed by atoms with Crippen molar-refractivity contribution in [3.05, 3.63) is 0 Å².